The molecule has 3 rings (SSSR count). The van der Waals surface area contributed by atoms with Crippen LogP contribution >= 0.6 is 0 Å². The second-order valence-corrected chi connectivity index (χ2v) is 6.80. The first kappa shape index (κ1) is 20.1. The number of ether oxygens (including phenoxy) is 1. The fourth-order valence-electron chi connectivity index (χ4n) is 3.19. The molecule has 7 nitrogen and oxygen atoms in total. The van der Waals surface area contributed by atoms with Crippen molar-refractivity contribution in [3.63, 3.8) is 0 Å². The fourth-order valence-corrected chi connectivity index (χ4v) is 3.19. The Bertz CT molecular complexity index is 977. The van der Waals surface area contributed by atoms with Crippen LogP contribution in [-0.2, 0) is 19.1 Å². The van der Waals surface area contributed by atoms with Gasteiger partial charge < -0.3 is 15.4 Å². The quantitative estimate of drug-likeness (QED) is 0.762. The third-order valence-electron chi connectivity index (χ3n) is 4.66. The number of fused-ring (bicyclic) bond motifs is 1. The molecular formula is C22H23N3O4. The lowest BCUT2D eigenvalue weighted by Gasteiger charge is -2.22. The third kappa shape index (κ3) is 4.63. The number of benzene rings is 2. The Morgan fingerprint density at radius 2 is 1.76 bits per heavy atom. The Balaban J connectivity index is 1.86. The van der Waals surface area contributed by atoms with E-state index in [0.717, 1.165) is 16.8 Å². The Morgan fingerprint density at radius 1 is 1.07 bits per heavy atom. The van der Waals surface area contributed by atoms with Gasteiger partial charge in [0.2, 0.25) is 5.91 Å². The predicted molar refractivity (Wildman–Crippen MR) is 112 cm³/mol. The summed E-state index contributed by atoms with van der Waals surface area (Å²) in [7, 11) is 1.29. The van der Waals surface area contributed by atoms with E-state index in [1.54, 1.807) is 18.2 Å². The Morgan fingerprint density at radius 3 is 2.45 bits per heavy atom. The average molecular weight is 393 g/mol. The molecule has 0 aromatic heterocycles. The smallest absolute Gasteiger partial charge is 0.311 e. The molecule has 1 aliphatic rings. The van der Waals surface area contributed by atoms with Gasteiger partial charge >= 0.3 is 5.97 Å². The van der Waals surface area contributed by atoms with Crippen LogP contribution in [0.3, 0.4) is 0 Å². The summed E-state index contributed by atoms with van der Waals surface area (Å²) < 4.78 is 4.69. The van der Waals surface area contributed by atoms with E-state index in [1.807, 2.05) is 38.1 Å². The van der Waals surface area contributed by atoms with Gasteiger partial charge in [-0.15, -0.1) is 0 Å². The molecule has 2 aromatic carbocycles. The van der Waals surface area contributed by atoms with Crippen LogP contribution in [0.5, 0.6) is 0 Å². The number of carbonyl (C=O) groups is 3. The van der Waals surface area contributed by atoms with Crippen molar-refractivity contribution in [3.05, 3.63) is 65.4 Å². The normalized spacial score (nSPS) is 13.0. The first-order valence-corrected chi connectivity index (χ1v) is 9.20. The van der Waals surface area contributed by atoms with Crippen LogP contribution in [0, 0.1) is 13.8 Å². The summed E-state index contributed by atoms with van der Waals surface area (Å²) in [6.45, 7) is 3.68. The van der Waals surface area contributed by atoms with E-state index in [4.69, 9.17) is 0 Å². The molecule has 29 heavy (non-hydrogen) atoms. The second-order valence-electron chi connectivity index (χ2n) is 6.80. The van der Waals surface area contributed by atoms with Crippen LogP contribution in [-0.4, -0.2) is 31.4 Å². The Labute approximate surface area is 169 Å². The summed E-state index contributed by atoms with van der Waals surface area (Å²) in [5, 5.41) is 5.99. The predicted octanol–water partition coefficient (Wildman–Crippen LogP) is 3.15. The van der Waals surface area contributed by atoms with E-state index in [0.29, 0.717) is 17.1 Å². The number of aryl methyl sites for hydroxylation is 2. The van der Waals surface area contributed by atoms with Crippen LogP contribution in [0.15, 0.2) is 54.2 Å². The molecule has 0 bridgehead atoms. The van der Waals surface area contributed by atoms with Crippen LogP contribution in [0.25, 0.3) is 0 Å². The summed E-state index contributed by atoms with van der Waals surface area (Å²) in [6, 6.07) is 12.9. The van der Waals surface area contributed by atoms with Crippen LogP contribution in [0.2, 0.25) is 0 Å². The van der Waals surface area contributed by atoms with Gasteiger partial charge in [-0.3, -0.25) is 19.3 Å². The van der Waals surface area contributed by atoms with E-state index < -0.39 is 11.9 Å². The summed E-state index contributed by atoms with van der Waals surface area (Å²) >= 11 is 0. The molecule has 0 spiro atoms. The van der Waals surface area contributed by atoms with Crippen molar-refractivity contribution in [2.45, 2.75) is 20.3 Å². The molecule has 0 fully saturated rings. The highest BCUT2D eigenvalue weighted by Gasteiger charge is 2.25. The number of rotatable bonds is 5. The molecular weight excluding hydrogens is 370 g/mol. The van der Waals surface area contributed by atoms with E-state index in [1.165, 1.54) is 18.1 Å². The fraction of sp³-hybridized carbons (Fsp3) is 0.227. The van der Waals surface area contributed by atoms with Crippen molar-refractivity contribution in [1.82, 2.24) is 0 Å². The van der Waals surface area contributed by atoms with E-state index in [-0.39, 0.29) is 18.9 Å². The van der Waals surface area contributed by atoms with Crippen molar-refractivity contribution in [2.24, 2.45) is 0 Å². The van der Waals surface area contributed by atoms with Gasteiger partial charge in [0, 0.05) is 17.5 Å². The maximum atomic E-state index is 12.9. The zero-order valence-corrected chi connectivity index (χ0v) is 16.6. The molecule has 0 aliphatic carbocycles. The van der Waals surface area contributed by atoms with Crippen LogP contribution in [0.1, 0.15) is 17.5 Å². The number of carbonyl (C=O) groups excluding carboxylic acids is 3. The third-order valence-corrected chi connectivity index (χ3v) is 4.66. The number of methoxy groups -OCH3 is 1. The first-order chi connectivity index (χ1) is 13.9. The maximum absolute atomic E-state index is 12.9. The summed E-state index contributed by atoms with van der Waals surface area (Å²) in [4.78, 5) is 38.6. The number of esters is 1. The minimum atomic E-state index is -0.463. The van der Waals surface area contributed by atoms with Gasteiger partial charge in [-0.25, -0.2) is 0 Å². The Kier molecular flexibility index (Phi) is 5.97. The minimum Gasteiger partial charge on any atom is -0.469 e. The van der Waals surface area contributed by atoms with Gasteiger partial charge in [0.1, 0.15) is 6.54 Å². The molecule has 0 radical (unpaired) electrons. The van der Waals surface area contributed by atoms with Gasteiger partial charge in [-0.05, 0) is 37.1 Å². The zero-order chi connectivity index (χ0) is 21.0. The highest BCUT2D eigenvalue weighted by atomic mass is 16.5. The van der Waals surface area contributed by atoms with Gasteiger partial charge in [0.15, 0.2) is 0 Å². The molecule has 2 amide bonds. The van der Waals surface area contributed by atoms with E-state index >= 15 is 0 Å². The molecule has 150 valence electrons. The van der Waals surface area contributed by atoms with E-state index in [2.05, 4.69) is 15.4 Å². The lowest BCUT2D eigenvalue weighted by Crippen LogP contribution is -2.37. The number of amides is 2. The molecule has 1 heterocycles. The molecule has 0 saturated carbocycles. The first-order valence-electron chi connectivity index (χ1n) is 9.20. The highest BCUT2D eigenvalue weighted by Crippen LogP contribution is 2.30. The molecule has 0 atom stereocenters. The number of para-hydroxylation sites is 3. The number of anilines is 3. The lowest BCUT2D eigenvalue weighted by atomic mass is 10.1. The van der Waals surface area contributed by atoms with Crippen molar-refractivity contribution < 1.29 is 19.1 Å². The molecule has 0 unspecified atom stereocenters. The summed E-state index contributed by atoms with van der Waals surface area (Å²) in [5.74, 6) is -1.16. The van der Waals surface area contributed by atoms with Gasteiger partial charge in [0.25, 0.3) is 5.91 Å². The number of hydrogen-bond donors (Lipinski definition) is 2. The van der Waals surface area contributed by atoms with E-state index in [9.17, 15) is 14.4 Å². The number of hydrogen-bond acceptors (Lipinski definition) is 5. The molecule has 0 saturated heterocycles. The lowest BCUT2D eigenvalue weighted by molar-refractivity contribution is -0.139. The zero-order valence-electron chi connectivity index (χ0n) is 16.6. The van der Waals surface area contributed by atoms with Crippen molar-refractivity contribution in [2.75, 3.05) is 29.2 Å². The van der Waals surface area contributed by atoms with Crippen molar-refractivity contribution in [1.29, 1.82) is 0 Å². The maximum Gasteiger partial charge on any atom is 0.311 e. The number of nitrogens with zero attached hydrogens (tertiary/aromatic N) is 1. The Hall–Kier alpha value is -3.61. The van der Waals surface area contributed by atoms with Gasteiger partial charge in [0.05, 0.1) is 24.9 Å². The van der Waals surface area contributed by atoms with Crippen molar-refractivity contribution in [3.8, 4) is 0 Å². The highest BCUT2D eigenvalue weighted by molar-refractivity contribution is 6.10. The van der Waals surface area contributed by atoms with Gasteiger partial charge in [-0.2, -0.15) is 0 Å². The molecule has 2 N–H and O–H groups in total. The molecule has 2 aromatic rings. The van der Waals surface area contributed by atoms with Crippen molar-refractivity contribution >= 4 is 34.8 Å². The molecule has 1 aliphatic heterocycles. The van der Waals surface area contributed by atoms with Crippen LogP contribution in [0.4, 0.5) is 17.1 Å². The monoisotopic (exact) mass is 393 g/mol. The number of nitrogens with one attached hydrogen (secondary N) is 2. The largest absolute Gasteiger partial charge is 0.469 e. The molecule has 7 heteroatoms. The summed E-state index contributed by atoms with van der Waals surface area (Å²) in [5.41, 5.74) is 4.24. The summed E-state index contributed by atoms with van der Waals surface area (Å²) in [6.07, 6.45) is 1.25. The average Bonchev–Trinajstić information content (AvgIpc) is 2.81. The topological polar surface area (TPSA) is 87.7 Å². The second kappa shape index (κ2) is 8.60. The minimum absolute atomic E-state index is 0.0704. The van der Waals surface area contributed by atoms with Crippen LogP contribution < -0.4 is 15.5 Å². The van der Waals surface area contributed by atoms with Gasteiger partial charge in [-0.1, -0.05) is 30.3 Å². The SMILES string of the molecule is COC(=O)CC1=CC(=O)N(CC(=O)Nc2c(C)cccc2C)c2ccccc2N1. The standard InChI is InChI=1S/C22H23N3O4/c1-14-7-6-8-15(2)22(14)24-19(26)13-25-18-10-5-4-9-17(18)23-16(11-20(25)27)12-21(28)29-3/h4-11,23H,12-13H2,1-3H3,(H,24,26).